The first-order chi connectivity index (χ1) is 13.6. The Bertz CT molecular complexity index is 1190. The maximum atomic E-state index is 11.6. The minimum atomic E-state index is -0.149. The largest absolute Gasteiger partial charge is 0.473 e. The van der Waals surface area contributed by atoms with Crippen LogP contribution < -0.4 is 10.1 Å². The number of amides is 1. The zero-order valence-electron chi connectivity index (χ0n) is 15.7. The first-order valence-electron chi connectivity index (χ1n) is 9.28. The lowest BCUT2D eigenvalue weighted by Gasteiger charge is -2.20. The molecule has 0 bridgehead atoms. The molecular weight excluding hydrogens is 356 g/mol. The molecule has 8 heteroatoms. The van der Waals surface area contributed by atoms with Crippen molar-refractivity contribution in [2.24, 2.45) is 13.0 Å². The molecule has 5 rings (SSSR count). The van der Waals surface area contributed by atoms with Gasteiger partial charge in [0.1, 0.15) is 11.6 Å². The molecule has 0 saturated carbocycles. The number of hydrogen-bond donors (Lipinski definition) is 1. The predicted octanol–water partition coefficient (Wildman–Crippen LogP) is 2.19. The molecule has 1 saturated heterocycles. The van der Waals surface area contributed by atoms with Gasteiger partial charge in [0, 0.05) is 37.7 Å². The highest BCUT2D eigenvalue weighted by molar-refractivity contribution is 5.87. The zero-order valence-corrected chi connectivity index (χ0v) is 15.7. The van der Waals surface area contributed by atoms with Crippen LogP contribution in [0.3, 0.4) is 0 Å². The number of fused-ring (bicyclic) bond motifs is 2. The Morgan fingerprint density at radius 1 is 1.36 bits per heavy atom. The lowest BCUT2D eigenvalue weighted by Crippen LogP contribution is -2.26. The molecule has 4 aromatic heterocycles. The van der Waals surface area contributed by atoms with Crippen LogP contribution in [0.1, 0.15) is 13.3 Å². The first-order valence-corrected chi connectivity index (χ1v) is 9.28. The maximum absolute atomic E-state index is 11.6. The highest BCUT2D eigenvalue weighted by atomic mass is 16.5. The summed E-state index contributed by atoms with van der Waals surface area (Å²) >= 11 is 0. The molecule has 0 aliphatic carbocycles. The highest BCUT2D eigenvalue weighted by Crippen LogP contribution is 2.32. The van der Waals surface area contributed by atoms with E-state index in [4.69, 9.17) is 9.72 Å². The summed E-state index contributed by atoms with van der Waals surface area (Å²) in [5, 5.41) is 7.27. The number of ether oxygens (including phenoxy) is 1. The van der Waals surface area contributed by atoms with E-state index in [9.17, 15) is 4.79 Å². The quantitative estimate of drug-likeness (QED) is 0.590. The second-order valence-corrected chi connectivity index (χ2v) is 7.22. The molecule has 28 heavy (non-hydrogen) atoms. The Morgan fingerprint density at radius 2 is 2.25 bits per heavy atom. The molecule has 1 N–H and O–H groups in total. The van der Waals surface area contributed by atoms with Crippen molar-refractivity contribution in [2.45, 2.75) is 19.4 Å². The third-order valence-corrected chi connectivity index (χ3v) is 5.34. The molecular formula is C20H20N6O2. The van der Waals surface area contributed by atoms with Gasteiger partial charge in [-0.25, -0.2) is 14.5 Å². The second kappa shape index (κ2) is 6.33. The molecule has 142 valence electrons. The molecule has 0 spiro atoms. The Labute approximate surface area is 161 Å². The van der Waals surface area contributed by atoms with Gasteiger partial charge < -0.3 is 14.6 Å². The Hall–Kier alpha value is -3.42. The van der Waals surface area contributed by atoms with Gasteiger partial charge in [0.2, 0.25) is 11.8 Å². The van der Waals surface area contributed by atoms with Gasteiger partial charge in [-0.05, 0) is 25.1 Å². The Kier molecular flexibility index (Phi) is 3.78. The van der Waals surface area contributed by atoms with E-state index < -0.39 is 0 Å². The smallest absolute Gasteiger partial charge is 0.241 e. The van der Waals surface area contributed by atoms with Crippen LogP contribution in [0, 0.1) is 5.92 Å². The van der Waals surface area contributed by atoms with Crippen LogP contribution >= 0.6 is 0 Å². The molecule has 0 aromatic carbocycles. The van der Waals surface area contributed by atoms with Crippen LogP contribution in [0.5, 0.6) is 5.88 Å². The van der Waals surface area contributed by atoms with Crippen molar-refractivity contribution in [3.63, 3.8) is 0 Å². The number of hydrogen-bond acceptors (Lipinski definition) is 5. The summed E-state index contributed by atoms with van der Waals surface area (Å²) in [5.74, 6) is 0.715. The molecule has 1 aliphatic rings. The minimum Gasteiger partial charge on any atom is -0.473 e. The van der Waals surface area contributed by atoms with E-state index in [0.29, 0.717) is 18.8 Å². The van der Waals surface area contributed by atoms with E-state index in [2.05, 4.69) is 15.4 Å². The van der Waals surface area contributed by atoms with Crippen molar-refractivity contribution in [3.8, 4) is 17.1 Å². The number of pyridine rings is 2. The van der Waals surface area contributed by atoms with Crippen LogP contribution in [0.15, 0.2) is 43.0 Å². The van der Waals surface area contributed by atoms with Crippen molar-refractivity contribution in [1.82, 2.24) is 29.5 Å². The van der Waals surface area contributed by atoms with Gasteiger partial charge in [-0.15, -0.1) is 0 Å². The topological polar surface area (TPSA) is 86.3 Å². The molecule has 2 atom stereocenters. The van der Waals surface area contributed by atoms with E-state index in [1.807, 2.05) is 53.5 Å². The van der Waals surface area contributed by atoms with Crippen molar-refractivity contribution in [1.29, 1.82) is 0 Å². The van der Waals surface area contributed by atoms with Crippen molar-refractivity contribution >= 4 is 22.5 Å². The highest BCUT2D eigenvalue weighted by Gasteiger charge is 2.29. The second-order valence-electron chi connectivity index (χ2n) is 7.22. The summed E-state index contributed by atoms with van der Waals surface area (Å²) in [4.78, 5) is 20.9. The normalized spacial score (nSPS) is 17.9. The average molecular weight is 376 g/mol. The van der Waals surface area contributed by atoms with Gasteiger partial charge in [-0.2, -0.15) is 5.10 Å². The number of aryl methyl sites for hydroxylation is 1. The van der Waals surface area contributed by atoms with Gasteiger partial charge in [0.05, 0.1) is 29.3 Å². The fraction of sp³-hybridized carbons (Fsp3) is 0.300. The van der Waals surface area contributed by atoms with Crippen LogP contribution in [-0.2, 0) is 11.8 Å². The molecule has 5 heterocycles. The number of rotatable bonds is 4. The zero-order chi connectivity index (χ0) is 19.3. The number of imidazole rings is 1. The first kappa shape index (κ1) is 16.7. The standard InChI is InChI=1S/C20H20N6O2/c1-12(13-7-18(27)21-9-13)28-20-19-16(22-11-25(19)2)8-15(24-20)14-10-23-26-6-4-3-5-17(14)26/h3-6,8,10-13H,7,9H2,1-2H3,(H,21,27). The number of carbonyl (C=O) groups excluding carboxylic acids is 1. The molecule has 0 radical (unpaired) electrons. The van der Waals surface area contributed by atoms with E-state index in [1.165, 1.54) is 0 Å². The fourth-order valence-electron chi connectivity index (χ4n) is 3.72. The van der Waals surface area contributed by atoms with Crippen LogP contribution in [-0.4, -0.2) is 42.7 Å². The van der Waals surface area contributed by atoms with E-state index in [1.54, 1.807) is 12.5 Å². The van der Waals surface area contributed by atoms with Crippen LogP contribution in [0.2, 0.25) is 0 Å². The van der Waals surface area contributed by atoms with Crippen molar-refractivity contribution in [2.75, 3.05) is 6.54 Å². The Morgan fingerprint density at radius 3 is 3.07 bits per heavy atom. The maximum Gasteiger partial charge on any atom is 0.241 e. The van der Waals surface area contributed by atoms with Crippen molar-refractivity contribution < 1.29 is 9.53 Å². The summed E-state index contributed by atoms with van der Waals surface area (Å²) in [6.07, 6.45) is 5.79. The van der Waals surface area contributed by atoms with Crippen LogP contribution in [0.4, 0.5) is 0 Å². The number of carbonyl (C=O) groups is 1. The van der Waals surface area contributed by atoms with E-state index in [0.717, 1.165) is 27.8 Å². The average Bonchev–Trinajstić information content (AvgIpc) is 3.40. The lowest BCUT2D eigenvalue weighted by atomic mass is 10.0. The molecule has 4 aromatic rings. The predicted molar refractivity (Wildman–Crippen MR) is 104 cm³/mol. The summed E-state index contributed by atoms with van der Waals surface area (Å²) in [6, 6.07) is 7.87. The number of nitrogens with zero attached hydrogens (tertiary/aromatic N) is 5. The summed E-state index contributed by atoms with van der Waals surface area (Å²) in [6.45, 7) is 2.61. The van der Waals surface area contributed by atoms with Gasteiger partial charge >= 0.3 is 0 Å². The third kappa shape index (κ3) is 2.69. The lowest BCUT2D eigenvalue weighted by molar-refractivity contribution is -0.119. The monoisotopic (exact) mass is 376 g/mol. The number of aromatic nitrogens is 5. The number of nitrogens with one attached hydrogen (secondary N) is 1. The summed E-state index contributed by atoms with van der Waals surface area (Å²) < 4.78 is 9.98. The molecule has 8 nitrogen and oxygen atoms in total. The van der Waals surface area contributed by atoms with Gasteiger partial charge in [0.15, 0.2) is 0 Å². The van der Waals surface area contributed by atoms with Gasteiger partial charge in [0.25, 0.3) is 0 Å². The van der Waals surface area contributed by atoms with E-state index >= 15 is 0 Å². The van der Waals surface area contributed by atoms with E-state index in [-0.39, 0.29) is 17.9 Å². The molecule has 1 fully saturated rings. The molecule has 1 amide bonds. The third-order valence-electron chi connectivity index (χ3n) is 5.34. The fourth-order valence-corrected chi connectivity index (χ4v) is 3.72. The molecule has 1 aliphatic heterocycles. The Balaban J connectivity index is 1.59. The van der Waals surface area contributed by atoms with Gasteiger partial charge in [-0.3, -0.25) is 4.79 Å². The van der Waals surface area contributed by atoms with Gasteiger partial charge in [-0.1, -0.05) is 6.07 Å². The minimum absolute atomic E-state index is 0.0687. The van der Waals surface area contributed by atoms with Crippen molar-refractivity contribution in [3.05, 3.63) is 43.0 Å². The summed E-state index contributed by atoms with van der Waals surface area (Å²) in [7, 11) is 1.92. The van der Waals surface area contributed by atoms with Crippen LogP contribution in [0.25, 0.3) is 27.8 Å². The molecule has 2 unspecified atom stereocenters. The summed E-state index contributed by atoms with van der Waals surface area (Å²) in [5.41, 5.74) is 4.29. The SMILES string of the molecule is CC(Oc1nc(-c2cnn3ccccc23)cc2ncn(C)c12)C1CNC(=O)C1.